The van der Waals surface area contributed by atoms with Crippen LogP contribution in [0.4, 0.5) is 24.5 Å². The monoisotopic (exact) mass is 387 g/mol. The Morgan fingerprint density at radius 3 is 2.50 bits per heavy atom. The highest BCUT2D eigenvalue weighted by Gasteiger charge is 2.31. The van der Waals surface area contributed by atoms with E-state index in [0.717, 1.165) is 17.7 Å². The number of anilines is 2. The van der Waals surface area contributed by atoms with Crippen molar-refractivity contribution < 1.29 is 22.7 Å². The van der Waals surface area contributed by atoms with Gasteiger partial charge in [0, 0.05) is 36.4 Å². The highest BCUT2D eigenvalue weighted by Crippen LogP contribution is 2.26. The van der Waals surface area contributed by atoms with Crippen LogP contribution in [-0.2, 0) is 6.54 Å². The smallest absolute Gasteiger partial charge is 0.406 e. The molecule has 1 heterocycles. The number of rotatable bonds is 6. The highest BCUT2D eigenvalue weighted by molar-refractivity contribution is 6.08. The van der Waals surface area contributed by atoms with Gasteiger partial charge in [-0.1, -0.05) is 18.2 Å². The third-order valence-electron chi connectivity index (χ3n) is 3.73. The van der Waals surface area contributed by atoms with Crippen LogP contribution in [0.15, 0.2) is 73.1 Å². The number of hydrogen-bond acceptors (Lipinski definition) is 4. The molecule has 1 amide bonds. The second kappa shape index (κ2) is 8.43. The van der Waals surface area contributed by atoms with Crippen LogP contribution in [0.5, 0.6) is 5.75 Å². The van der Waals surface area contributed by atoms with Crippen LogP contribution in [0.25, 0.3) is 0 Å². The average Bonchev–Trinajstić information content (AvgIpc) is 2.66. The predicted molar refractivity (Wildman–Crippen MR) is 99.1 cm³/mol. The van der Waals surface area contributed by atoms with E-state index >= 15 is 0 Å². The fourth-order valence-corrected chi connectivity index (χ4v) is 2.50. The fourth-order valence-electron chi connectivity index (χ4n) is 2.50. The quantitative estimate of drug-likeness (QED) is 0.635. The fraction of sp³-hybridized carbons (Fsp3) is 0.100. The van der Waals surface area contributed by atoms with Crippen molar-refractivity contribution in [1.29, 1.82) is 0 Å². The van der Waals surface area contributed by atoms with Crippen LogP contribution in [0.1, 0.15) is 15.9 Å². The first-order chi connectivity index (χ1) is 13.4. The van der Waals surface area contributed by atoms with Crippen LogP contribution in [-0.4, -0.2) is 17.3 Å². The number of benzene rings is 2. The molecule has 0 unspecified atom stereocenters. The van der Waals surface area contributed by atoms with E-state index in [1.54, 1.807) is 36.7 Å². The van der Waals surface area contributed by atoms with Crippen molar-refractivity contribution in [3.05, 3.63) is 84.2 Å². The standard InChI is InChI=1S/C20H16F3N3O2/c21-20(22,23)28-16-5-3-4-15(12-16)26-19(27)17-6-1-2-7-18(17)25-13-14-8-10-24-11-9-14/h1-12,25H,13H2,(H,26,27). The minimum Gasteiger partial charge on any atom is -0.406 e. The van der Waals surface area contributed by atoms with Gasteiger partial charge in [-0.2, -0.15) is 0 Å². The van der Waals surface area contributed by atoms with Gasteiger partial charge in [-0.15, -0.1) is 13.2 Å². The van der Waals surface area contributed by atoms with E-state index in [9.17, 15) is 18.0 Å². The molecular weight excluding hydrogens is 371 g/mol. The molecule has 28 heavy (non-hydrogen) atoms. The zero-order valence-electron chi connectivity index (χ0n) is 14.5. The molecule has 0 atom stereocenters. The molecule has 0 bridgehead atoms. The Labute approximate surface area is 159 Å². The number of halogens is 3. The minimum absolute atomic E-state index is 0.190. The van der Waals surface area contributed by atoms with E-state index in [1.807, 2.05) is 12.1 Å². The Bertz CT molecular complexity index is 947. The molecule has 3 rings (SSSR count). The number of hydrogen-bond donors (Lipinski definition) is 2. The van der Waals surface area contributed by atoms with Gasteiger partial charge in [0.1, 0.15) is 5.75 Å². The van der Waals surface area contributed by atoms with Crippen LogP contribution >= 0.6 is 0 Å². The summed E-state index contributed by atoms with van der Waals surface area (Å²) in [4.78, 5) is 16.6. The normalized spacial score (nSPS) is 11.0. The van der Waals surface area contributed by atoms with Gasteiger partial charge in [0.2, 0.25) is 0 Å². The number of alkyl halides is 3. The van der Waals surface area contributed by atoms with Crippen molar-refractivity contribution in [3.63, 3.8) is 0 Å². The number of pyridine rings is 1. The number of carbonyl (C=O) groups excluding carboxylic acids is 1. The summed E-state index contributed by atoms with van der Waals surface area (Å²) < 4.78 is 40.9. The molecule has 0 aliphatic heterocycles. The number of ether oxygens (including phenoxy) is 1. The molecule has 2 aromatic carbocycles. The predicted octanol–water partition coefficient (Wildman–Crippen LogP) is 4.84. The zero-order valence-corrected chi connectivity index (χ0v) is 14.5. The molecule has 0 aliphatic rings. The molecule has 0 radical (unpaired) electrons. The lowest BCUT2D eigenvalue weighted by atomic mass is 10.1. The van der Waals surface area contributed by atoms with Gasteiger partial charge in [0.15, 0.2) is 0 Å². The summed E-state index contributed by atoms with van der Waals surface area (Å²) in [6.45, 7) is 0.488. The molecule has 8 heteroatoms. The number of carbonyl (C=O) groups is 1. The molecular formula is C20H16F3N3O2. The largest absolute Gasteiger partial charge is 0.573 e. The number of amides is 1. The third-order valence-corrected chi connectivity index (χ3v) is 3.73. The maximum Gasteiger partial charge on any atom is 0.573 e. The van der Waals surface area contributed by atoms with Crippen LogP contribution in [0.2, 0.25) is 0 Å². The van der Waals surface area contributed by atoms with Crippen molar-refractivity contribution in [1.82, 2.24) is 4.98 Å². The van der Waals surface area contributed by atoms with Gasteiger partial charge in [-0.3, -0.25) is 9.78 Å². The van der Waals surface area contributed by atoms with Gasteiger partial charge in [-0.05, 0) is 42.0 Å². The molecule has 0 aliphatic carbocycles. The highest BCUT2D eigenvalue weighted by atomic mass is 19.4. The van der Waals surface area contributed by atoms with Gasteiger partial charge in [0.25, 0.3) is 5.91 Å². The second-order valence-corrected chi connectivity index (χ2v) is 5.78. The molecule has 0 saturated carbocycles. The van der Waals surface area contributed by atoms with Crippen molar-refractivity contribution in [2.75, 3.05) is 10.6 Å². The third kappa shape index (κ3) is 5.47. The van der Waals surface area contributed by atoms with Gasteiger partial charge in [0.05, 0.1) is 5.56 Å². The average molecular weight is 387 g/mol. The van der Waals surface area contributed by atoms with Crippen LogP contribution < -0.4 is 15.4 Å². The summed E-state index contributed by atoms with van der Waals surface area (Å²) in [7, 11) is 0. The summed E-state index contributed by atoms with van der Waals surface area (Å²) in [6.07, 6.45) is -1.45. The molecule has 144 valence electrons. The lowest BCUT2D eigenvalue weighted by Gasteiger charge is -2.13. The van der Waals surface area contributed by atoms with E-state index in [-0.39, 0.29) is 5.69 Å². The number of aromatic nitrogens is 1. The van der Waals surface area contributed by atoms with E-state index < -0.39 is 18.0 Å². The first kappa shape index (κ1) is 19.2. The topological polar surface area (TPSA) is 63.2 Å². The Morgan fingerprint density at radius 1 is 1.00 bits per heavy atom. The first-order valence-corrected chi connectivity index (χ1v) is 8.30. The van der Waals surface area contributed by atoms with Crippen molar-refractivity contribution in [2.45, 2.75) is 12.9 Å². The summed E-state index contributed by atoms with van der Waals surface area (Å²) in [5.74, 6) is -0.864. The van der Waals surface area contributed by atoms with Crippen LogP contribution in [0.3, 0.4) is 0 Å². The molecule has 5 nitrogen and oxygen atoms in total. The molecule has 3 aromatic rings. The van der Waals surface area contributed by atoms with E-state index in [2.05, 4.69) is 20.4 Å². The first-order valence-electron chi connectivity index (χ1n) is 8.30. The molecule has 1 aromatic heterocycles. The Hall–Kier alpha value is -3.55. The minimum atomic E-state index is -4.80. The van der Waals surface area contributed by atoms with Gasteiger partial charge in [-0.25, -0.2) is 0 Å². The van der Waals surface area contributed by atoms with E-state index in [4.69, 9.17) is 0 Å². The maximum absolute atomic E-state index is 12.6. The summed E-state index contributed by atoms with van der Waals surface area (Å²) in [5.41, 5.74) is 2.14. The summed E-state index contributed by atoms with van der Waals surface area (Å²) in [5, 5.41) is 5.76. The molecule has 0 spiro atoms. The molecule has 0 saturated heterocycles. The Kier molecular flexibility index (Phi) is 5.78. The lowest BCUT2D eigenvalue weighted by molar-refractivity contribution is -0.274. The SMILES string of the molecule is O=C(Nc1cccc(OC(F)(F)F)c1)c1ccccc1NCc1ccncc1. The molecule has 2 N–H and O–H groups in total. The Balaban J connectivity index is 1.72. The van der Waals surface area contributed by atoms with E-state index in [0.29, 0.717) is 17.8 Å². The number of nitrogens with one attached hydrogen (secondary N) is 2. The van der Waals surface area contributed by atoms with Crippen molar-refractivity contribution >= 4 is 17.3 Å². The summed E-state index contributed by atoms with van der Waals surface area (Å²) >= 11 is 0. The van der Waals surface area contributed by atoms with Gasteiger partial charge >= 0.3 is 6.36 Å². The maximum atomic E-state index is 12.6. The number of para-hydroxylation sites is 1. The van der Waals surface area contributed by atoms with Crippen molar-refractivity contribution in [2.24, 2.45) is 0 Å². The summed E-state index contributed by atoms with van der Waals surface area (Å²) in [6, 6.07) is 15.7. The van der Waals surface area contributed by atoms with E-state index in [1.165, 1.54) is 12.1 Å². The zero-order chi connectivity index (χ0) is 20.0. The Morgan fingerprint density at radius 2 is 1.75 bits per heavy atom. The second-order valence-electron chi connectivity index (χ2n) is 5.78. The molecule has 0 fully saturated rings. The number of nitrogens with zero attached hydrogens (tertiary/aromatic N) is 1. The lowest BCUT2D eigenvalue weighted by Crippen LogP contribution is -2.18. The van der Waals surface area contributed by atoms with Crippen molar-refractivity contribution in [3.8, 4) is 5.75 Å². The van der Waals surface area contributed by atoms with Crippen LogP contribution in [0, 0.1) is 0 Å². The van der Waals surface area contributed by atoms with Gasteiger partial charge < -0.3 is 15.4 Å².